The van der Waals surface area contributed by atoms with Crippen LogP contribution >= 0.6 is 11.6 Å². The van der Waals surface area contributed by atoms with Crippen molar-refractivity contribution in [2.75, 3.05) is 0 Å². The molecule has 0 aliphatic carbocycles. The molecular weight excluding hydrogens is 248 g/mol. The molecule has 0 spiro atoms. The third-order valence-corrected chi connectivity index (χ3v) is 2.56. The zero-order chi connectivity index (χ0) is 17.4. The Morgan fingerprint density at radius 1 is 1.67 bits per heavy atom. The maximum atomic E-state index is 8.86. The van der Waals surface area contributed by atoms with Crippen LogP contribution in [0.3, 0.4) is 0 Å². The summed E-state index contributed by atoms with van der Waals surface area (Å²) in [5.41, 5.74) is 6.79. The summed E-state index contributed by atoms with van der Waals surface area (Å²) in [6.07, 6.45) is 1.31. The van der Waals surface area contributed by atoms with Crippen molar-refractivity contribution in [3.8, 4) is 17.3 Å². The average molecular weight is 266 g/mol. The van der Waals surface area contributed by atoms with Gasteiger partial charge < -0.3 is 5.73 Å². The second kappa shape index (κ2) is 5.21. The van der Waals surface area contributed by atoms with Crippen molar-refractivity contribution in [3.05, 3.63) is 41.0 Å². The molecule has 2 aromatic rings. The third kappa shape index (κ3) is 2.70. The van der Waals surface area contributed by atoms with Crippen molar-refractivity contribution in [2.45, 2.75) is 19.4 Å². The molecule has 0 aliphatic rings. The largest absolute Gasteiger partial charge is 0.326 e. The first kappa shape index (κ1) is 7.57. The Labute approximate surface area is 118 Å². The molecule has 0 unspecified atom stereocenters. The summed E-state index contributed by atoms with van der Waals surface area (Å²) in [4.78, 5) is 0. The van der Waals surface area contributed by atoms with E-state index in [9.17, 15) is 0 Å². The number of hydrogen-bond donors (Lipinski definition) is 1. The Kier molecular flexibility index (Phi) is 2.19. The molecule has 92 valence electrons. The second-order valence-corrected chi connectivity index (χ2v) is 3.97. The number of hydrogen-bond acceptors (Lipinski definition) is 3. The number of aromatic nitrogens is 2. The number of nitrogens with two attached hydrogens (primary N) is 1. The number of benzene rings is 1. The summed E-state index contributed by atoms with van der Waals surface area (Å²) in [5, 5.41) is 13.2. The first-order valence-corrected chi connectivity index (χ1v) is 5.47. The molecule has 0 saturated carbocycles. The first-order chi connectivity index (χ1) is 10.6. The maximum Gasteiger partial charge on any atom is 0.101 e. The summed E-state index contributed by atoms with van der Waals surface area (Å²) in [7, 11) is 0. The fraction of sp³-hybridized carbons (Fsp3) is 0.231. The fourth-order valence-electron chi connectivity index (χ4n) is 1.46. The summed E-state index contributed by atoms with van der Waals surface area (Å²) in [5.74, 6) is 0. The molecule has 2 N–H and O–H groups in total. The van der Waals surface area contributed by atoms with Gasteiger partial charge in [0.15, 0.2) is 0 Å². The van der Waals surface area contributed by atoms with Crippen LogP contribution < -0.4 is 5.73 Å². The van der Waals surface area contributed by atoms with Gasteiger partial charge in [-0.1, -0.05) is 17.7 Å². The molecule has 4 nitrogen and oxygen atoms in total. The summed E-state index contributed by atoms with van der Waals surface area (Å²) in [6, 6.07) is 6.41. The monoisotopic (exact) mass is 265 g/mol. The predicted molar refractivity (Wildman–Crippen MR) is 71.0 cm³/mol. The molecule has 1 atom stereocenters. The van der Waals surface area contributed by atoms with E-state index in [2.05, 4.69) is 5.10 Å². The molecular formula is C13H13ClN4. The molecule has 0 amide bonds. The zero-order valence-electron chi connectivity index (χ0n) is 14.3. The molecule has 0 fully saturated rings. The van der Waals surface area contributed by atoms with Crippen LogP contribution in [0.15, 0.2) is 30.5 Å². The summed E-state index contributed by atoms with van der Waals surface area (Å²) >= 11 is 5.96. The fourth-order valence-corrected chi connectivity index (χ4v) is 1.68. The predicted octanol–water partition coefficient (Wildman–Crippen LogP) is 2.42. The van der Waals surface area contributed by atoms with Crippen LogP contribution in [0, 0.1) is 11.3 Å². The lowest BCUT2D eigenvalue weighted by molar-refractivity contribution is 0.540. The number of rotatable bonds is 3. The Hall–Kier alpha value is -1.83. The van der Waals surface area contributed by atoms with Gasteiger partial charge in [-0.25, -0.2) is 0 Å². The lowest BCUT2D eigenvalue weighted by Gasteiger charge is -2.04. The highest BCUT2D eigenvalue weighted by atomic mass is 35.5. The van der Waals surface area contributed by atoms with Gasteiger partial charge in [0.25, 0.3) is 0 Å². The van der Waals surface area contributed by atoms with E-state index in [0.717, 1.165) is 4.68 Å². The molecule has 5 heteroatoms. The highest BCUT2D eigenvalue weighted by Gasteiger charge is 2.06. The third-order valence-electron chi connectivity index (χ3n) is 2.25. The molecule has 0 aliphatic heterocycles. The van der Waals surface area contributed by atoms with Crippen molar-refractivity contribution in [3.63, 3.8) is 0 Å². The molecule has 0 saturated heterocycles. The van der Waals surface area contributed by atoms with E-state index in [1.165, 1.54) is 24.4 Å². The summed E-state index contributed by atoms with van der Waals surface area (Å²) < 4.78 is 38.5. The SMILES string of the molecule is [2H]C([2H])([2H])[C@H](N)C([2H])([2H])n1ccc(-c2ccc(C#N)c(Cl)c2)n1. The molecule has 0 bridgehead atoms. The van der Waals surface area contributed by atoms with Crippen LogP contribution in [0.5, 0.6) is 0 Å². The highest BCUT2D eigenvalue weighted by Crippen LogP contribution is 2.24. The number of nitrogens with zero attached hydrogens (tertiary/aromatic N) is 3. The van der Waals surface area contributed by atoms with E-state index < -0.39 is 19.4 Å². The van der Waals surface area contributed by atoms with Gasteiger partial charge in [-0.15, -0.1) is 0 Å². The van der Waals surface area contributed by atoms with Gasteiger partial charge in [0.05, 0.1) is 25.5 Å². The van der Waals surface area contributed by atoms with E-state index in [1.807, 2.05) is 6.07 Å². The Balaban J connectivity index is 2.38. The average Bonchev–Trinajstić information content (AvgIpc) is 2.96. The van der Waals surface area contributed by atoms with Gasteiger partial charge in [0, 0.05) is 21.9 Å². The van der Waals surface area contributed by atoms with Crippen molar-refractivity contribution in [1.29, 1.82) is 5.26 Å². The minimum absolute atomic E-state index is 0.252. The van der Waals surface area contributed by atoms with Crippen LogP contribution in [0.25, 0.3) is 11.3 Å². The zero-order valence-corrected chi connectivity index (χ0v) is 10.0. The van der Waals surface area contributed by atoms with Crippen LogP contribution in [0.1, 0.15) is 19.3 Å². The van der Waals surface area contributed by atoms with E-state index in [0.29, 0.717) is 16.8 Å². The Morgan fingerprint density at radius 3 is 3.17 bits per heavy atom. The summed E-state index contributed by atoms with van der Waals surface area (Å²) in [6.45, 7) is -5.05. The normalized spacial score (nSPS) is 17.7. The van der Waals surface area contributed by atoms with Crippen LogP contribution in [-0.2, 0) is 6.50 Å². The second-order valence-electron chi connectivity index (χ2n) is 3.56. The van der Waals surface area contributed by atoms with Gasteiger partial charge in [-0.3, -0.25) is 4.68 Å². The minimum atomic E-state index is -2.66. The first-order valence-electron chi connectivity index (χ1n) is 7.59. The molecule has 18 heavy (non-hydrogen) atoms. The highest BCUT2D eigenvalue weighted by molar-refractivity contribution is 6.32. The molecule has 0 radical (unpaired) electrons. The molecule has 1 aromatic carbocycles. The van der Waals surface area contributed by atoms with E-state index in [4.69, 9.17) is 29.5 Å². The van der Waals surface area contributed by atoms with Gasteiger partial charge in [-0.05, 0) is 25.1 Å². The van der Waals surface area contributed by atoms with Crippen molar-refractivity contribution < 1.29 is 6.85 Å². The Bertz CT molecular complexity index is 762. The Morgan fingerprint density at radius 2 is 2.50 bits per heavy atom. The van der Waals surface area contributed by atoms with Gasteiger partial charge in [-0.2, -0.15) is 10.4 Å². The van der Waals surface area contributed by atoms with E-state index in [1.54, 1.807) is 6.07 Å². The smallest absolute Gasteiger partial charge is 0.101 e. The standard InChI is InChI=1S/C13H13ClN4/c1-9(16)8-18-5-4-13(17-18)10-2-3-11(7-15)12(14)6-10/h2-6,9H,8,16H2,1H3/t9-/m0/s1/i1D3,8D2. The lowest BCUT2D eigenvalue weighted by atomic mass is 10.1. The van der Waals surface area contributed by atoms with E-state index >= 15 is 0 Å². The van der Waals surface area contributed by atoms with Gasteiger partial charge in [0.1, 0.15) is 6.07 Å². The van der Waals surface area contributed by atoms with Crippen molar-refractivity contribution in [1.82, 2.24) is 9.78 Å². The van der Waals surface area contributed by atoms with Crippen LogP contribution in [0.2, 0.25) is 5.02 Å². The van der Waals surface area contributed by atoms with E-state index in [-0.39, 0.29) is 5.02 Å². The van der Waals surface area contributed by atoms with Crippen LogP contribution in [0.4, 0.5) is 0 Å². The van der Waals surface area contributed by atoms with Crippen molar-refractivity contribution >= 4 is 11.6 Å². The topological polar surface area (TPSA) is 67.6 Å². The molecule has 1 aromatic heterocycles. The lowest BCUT2D eigenvalue weighted by Crippen LogP contribution is -2.22. The van der Waals surface area contributed by atoms with Crippen LogP contribution in [-0.4, -0.2) is 15.8 Å². The minimum Gasteiger partial charge on any atom is -0.326 e. The molecule has 1 heterocycles. The maximum absolute atomic E-state index is 8.86. The number of halogens is 1. The quantitative estimate of drug-likeness (QED) is 0.927. The van der Waals surface area contributed by atoms with Gasteiger partial charge in [0.2, 0.25) is 0 Å². The molecule has 2 rings (SSSR count). The van der Waals surface area contributed by atoms with Gasteiger partial charge >= 0.3 is 0 Å². The van der Waals surface area contributed by atoms with Crippen molar-refractivity contribution in [2.24, 2.45) is 5.73 Å². The number of nitriles is 1.